The summed E-state index contributed by atoms with van der Waals surface area (Å²) >= 11 is 1.40. The number of hydrogen-bond acceptors (Lipinski definition) is 5. The molecule has 120 valence electrons. The first-order valence-corrected chi connectivity index (χ1v) is 8.60. The molecule has 3 aromatic rings. The molecule has 24 heavy (non-hydrogen) atoms. The van der Waals surface area contributed by atoms with E-state index in [2.05, 4.69) is 15.3 Å². The molecule has 1 fully saturated rings. The Morgan fingerprint density at radius 1 is 1.17 bits per heavy atom. The molecule has 0 saturated heterocycles. The number of anilines is 1. The number of hydrogen-bond donors (Lipinski definition) is 1. The summed E-state index contributed by atoms with van der Waals surface area (Å²) in [7, 11) is 0. The van der Waals surface area contributed by atoms with Gasteiger partial charge in [0.15, 0.2) is 0 Å². The maximum Gasteiger partial charge on any atom is 0.267 e. The molecule has 0 unspecified atom stereocenters. The first kappa shape index (κ1) is 14.8. The fraction of sp³-hybridized carbons (Fsp3) is 0.167. The van der Waals surface area contributed by atoms with Crippen LogP contribution < -0.4 is 10.1 Å². The zero-order valence-electron chi connectivity index (χ0n) is 12.8. The van der Waals surface area contributed by atoms with Crippen molar-refractivity contribution < 1.29 is 9.53 Å². The molecular formula is C18H15N3O2S. The minimum absolute atomic E-state index is 0.0969. The number of ether oxygens (including phenoxy) is 1. The number of carbonyl (C=O) groups is 1. The molecule has 1 aliphatic carbocycles. The molecule has 0 atom stereocenters. The molecule has 1 amide bonds. The van der Waals surface area contributed by atoms with E-state index in [4.69, 9.17) is 4.74 Å². The minimum atomic E-state index is -0.0969. The number of nitrogens with zero attached hydrogens (tertiary/aromatic N) is 2. The van der Waals surface area contributed by atoms with Gasteiger partial charge in [0.1, 0.15) is 16.4 Å². The highest BCUT2D eigenvalue weighted by Gasteiger charge is 2.30. The second-order valence-corrected chi connectivity index (χ2v) is 6.47. The average molecular weight is 337 g/mol. The van der Waals surface area contributed by atoms with Crippen molar-refractivity contribution in [2.45, 2.75) is 18.8 Å². The Morgan fingerprint density at radius 2 is 2.00 bits per heavy atom. The number of pyridine rings is 1. The van der Waals surface area contributed by atoms with Crippen molar-refractivity contribution in [2.24, 2.45) is 0 Å². The Balaban J connectivity index is 1.43. The third-order valence-corrected chi connectivity index (χ3v) is 4.59. The number of thiazole rings is 1. The van der Waals surface area contributed by atoms with Gasteiger partial charge in [0.2, 0.25) is 0 Å². The van der Waals surface area contributed by atoms with Crippen LogP contribution in [0.3, 0.4) is 0 Å². The van der Waals surface area contributed by atoms with Gasteiger partial charge in [-0.2, -0.15) is 0 Å². The predicted octanol–water partition coefficient (Wildman–Crippen LogP) is 4.46. The smallest absolute Gasteiger partial charge is 0.267 e. The van der Waals surface area contributed by atoms with E-state index in [1.54, 1.807) is 17.9 Å². The molecule has 2 aromatic heterocycles. The van der Waals surface area contributed by atoms with Gasteiger partial charge < -0.3 is 10.1 Å². The second kappa shape index (κ2) is 6.41. The molecular weight excluding hydrogens is 322 g/mol. The summed E-state index contributed by atoms with van der Waals surface area (Å²) < 4.78 is 5.69. The molecule has 0 bridgehead atoms. The summed E-state index contributed by atoms with van der Waals surface area (Å²) in [6.07, 6.45) is 5.61. The fourth-order valence-electron chi connectivity index (χ4n) is 2.41. The van der Waals surface area contributed by atoms with Gasteiger partial charge in [0.25, 0.3) is 5.91 Å². The van der Waals surface area contributed by atoms with Crippen LogP contribution in [0.1, 0.15) is 34.1 Å². The van der Waals surface area contributed by atoms with E-state index in [-0.39, 0.29) is 5.91 Å². The third-order valence-electron chi connectivity index (χ3n) is 3.75. The molecule has 1 N–H and O–H groups in total. The van der Waals surface area contributed by atoms with Crippen LogP contribution in [0.15, 0.2) is 54.3 Å². The van der Waals surface area contributed by atoms with Gasteiger partial charge in [-0.15, -0.1) is 11.3 Å². The standard InChI is InChI=1S/C18H15N3O2S/c22-18(17-16(12-3-4-12)20-11-24-17)21-13-5-7-14(8-6-13)23-15-2-1-9-19-10-15/h1-2,5-12H,3-4H2,(H,21,22). The van der Waals surface area contributed by atoms with Crippen molar-refractivity contribution in [2.75, 3.05) is 5.32 Å². The van der Waals surface area contributed by atoms with E-state index in [9.17, 15) is 4.79 Å². The Hall–Kier alpha value is -2.73. The summed E-state index contributed by atoms with van der Waals surface area (Å²) in [5, 5.41) is 2.92. The average Bonchev–Trinajstić information content (AvgIpc) is 3.34. The lowest BCUT2D eigenvalue weighted by atomic mass is 10.2. The van der Waals surface area contributed by atoms with Gasteiger partial charge in [-0.3, -0.25) is 9.78 Å². The second-order valence-electron chi connectivity index (χ2n) is 5.61. The van der Waals surface area contributed by atoms with E-state index in [1.165, 1.54) is 11.3 Å². The first-order valence-electron chi connectivity index (χ1n) is 7.72. The zero-order valence-corrected chi connectivity index (χ0v) is 13.6. The quantitative estimate of drug-likeness (QED) is 0.746. The molecule has 1 saturated carbocycles. The summed E-state index contributed by atoms with van der Waals surface area (Å²) in [5.74, 6) is 1.73. The van der Waals surface area contributed by atoms with Crippen LogP contribution in [0.25, 0.3) is 0 Å². The highest BCUT2D eigenvalue weighted by Crippen LogP contribution is 2.41. The molecule has 2 heterocycles. The monoisotopic (exact) mass is 337 g/mol. The van der Waals surface area contributed by atoms with Gasteiger partial charge in [-0.05, 0) is 49.2 Å². The van der Waals surface area contributed by atoms with Gasteiger partial charge in [0, 0.05) is 17.8 Å². The summed E-state index contributed by atoms with van der Waals surface area (Å²) in [5.41, 5.74) is 3.41. The van der Waals surface area contributed by atoms with Gasteiger partial charge in [0.05, 0.1) is 17.4 Å². The SMILES string of the molecule is O=C(Nc1ccc(Oc2cccnc2)cc1)c1scnc1C1CC1. The Kier molecular flexibility index (Phi) is 3.96. The molecule has 1 aliphatic rings. The van der Waals surface area contributed by atoms with E-state index in [0.29, 0.717) is 22.3 Å². The lowest BCUT2D eigenvalue weighted by Crippen LogP contribution is -2.12. The van der Waals surface area contributed by atoms with Crippen LogP contribution in [0.5, 0.6) is 11.5 Å². The van der Waals surface area contributed by atoms with E-state index in [0.717, 1.165) is 24.2 Å². The number of aromatic nitrogens is 2. The highest BCUT2D eigenvalue weighted by molar-refractivity contribution is 7.12. The van der Waals surface area contributed by atoms with Crippen LogP contribution in [0.2, 0.25) is 0 Å². The first-order chi connectivity index (χ1) is 11.8. The molecule has 6 heteroatoms. The Bertz CT molecular complexity index is 842. The summed E-state index contributed by atoms with van der Waals surface area (Å²) in [4.78, 5) is 21.5. The number of amides is 1. The molecule has 4 rings (SSSR count). The van der Waals surface area contributed by atoms with Gasteiger partial charge in [-0.25, -0.2) is 4.98 Å². The van der Waals surface area contributed by atoms with Crippen LogP contribution in [0, 0.1) is 0 Å². The van der Waals surface area contributed by atoms with Gasteiger partial charge in [-0.1, -0.05) is 0 Å². The van der Waals surface area contributed by atoms with Crippen LogP contribution in [-0.2, 0) is 0 Å². The van der Waals surface area contributed by atoms with Crippen molar-refractivity contribution in [3.05, 3.63) is 64.9 Å². The number of nitrogens with one attached hydrogen (secondary N) is 1. The maximum atomic E-state index is 12.4. The van der Waals surface area contributed by atoms with Crippen LogP contribution in [-0.4, -0.2) is 15.9 Å². The van der Waals surface area contributed by atoms with E-state index >= 15 is 0 Å². The van der Waals surface area contributed by atoms with Crippen molar-refractivity contribution in [3.8, 4) is 11.5 Å². The van der Waals surface area contributed by atoms with E-state index in [1.807, 2.05) is 36.4 Å². The summed E-state index contributed by atoms with van der Waals surface area (Å²) in [6.45, 7) is 0. The highest BCUT2D eigenvalue weighted by atomic mass is 32.1. The largest absolute Gasteiger partial charge is 0.456 e. The third kappa shape index (κ3) is 3.28. The maximum absolute atomic E-state index is 12.4. The molecule has 5 nitrogen and oxygen atoms in total. The van der Waals surface area contributed by atoms with Crippen LogP contribution >= 0.6 is 11.3 Å². The van der Waals surface area contributed by atoms with Crippen molar-refractivity contribution in [3.63, 3.8) is 0 Å². The zero-order chi connectivity index (χ0) is 16.4. The van der Waals surface area contributed by atoms with Gasteiger partial charge >= 0.3 is 0 Å². The molecule has 0 radical (unpaired) electrons. The van der Waals surface area contributed by atoms with Crippen molar-refractivity contribution in [1.29, 1.82) is 0 Å². The van der Waals surface area contributed by atoms with Crippen molar-refractivity contribution in [1.82, 2.24) is 9.97 Å². The number of rotatable bonds is 5. The van der Waals surface area contributed by atoms with Crippen LogP contribution in [0.4, 0.5) is 5.69 Å². The lowest BCUT2D eigenvalue weighted by Gasteiger charge is -2.08. The Morgan fingerprint density at radius 3 is 2.71 bits per heavy atom. The minimum Gasteiger partial charge on any atom is -0.456 e. The number of carbonyl (C=O) groups excluding carboxylic acids is 1. The lowest BCUT2D eigenvalue weighted by molar-refractivity contribution is 0.102. The fourth-order valence-corrected chi connectivity index (χ4v) is 3.18. The summed E-state index contributed by atoms with van der Waals surface area (Å²) in [6, 6.07) is 10.9. The number of benzene rings is 1. The molecule has 0 aliphatic heterocycles. The predicted molar refractivity (Wildman–Crippen MR) is 92.8 cm³/mol. The normalized spacial score (nSPS) is 13.5. The molecule has 1 aromatic carbocycles. The van der Waals surface area contributed by atoms with Crippen molar-refractivity contribution >= 4 is 22.9 Å². The Labute approximate surface area is 143 Å². The molecule has 0 spiro atoms. The van der Waals surface area contributed by atoms with E-state index < -0.39 is 0 Å². The topological polar surface area (TPSA) is 64.1 Å².